The van der Waals surface area contributed by atoms with Gasteiger partial charge in [-0.1, -0.05) is 47.1 Å². The van der Waals surface area contributed by atoms with E-state index < -0.39 is 53.4 Å². The van der Waals surface area contributed by atoms with Crippen LogP contribution in [0.15, 0.2) is 11.6 Å². The summed E-state index contributed by atoms with van der Waals surface area (Å²) >= 11 is 0. The number of carbonyl (C=O) groups excluding carboxylic acids is 2. The van der Waals surface area contributed by atoms with Crippen molar-refractivity contribution >= 4 is 23.6 Å². The van der Waals surface area contributed by atoms with E-state index in [-0.39, 0.29) is 70.2 Å². The molecule has 4 saturated carbocycles. The third-order valence-electron chi connectivity index (χ3n) is 16.8. The number of ketones is 1. The van der Waals surface area contributed by atoms with Crippen molar-refractivity contribution in [2.45, 2.75) is 150 Å². The smallest absolute Gasteiger partial charge is 0.335 e. The molecule has 0 aromatic heterocycles. The minimum atomic E-state index is -1.84. The third-order valence-corrected chi connectivity index (χ3v) is 16.8. The fraction of sp³-hybridized carbons (Fsp3) is 0.854. The molecule has 6 rings (SSSR count). The molecule has 5 N–H and O–H groups in total. The zero-order valence-corrected chi connectivity index (χ0v) is 33.6. The summed E-state index contributed by atoms with van der Waals surface area (Å²) in [6, 6.07) is -0.195. The van der Waals surface area contributed by atoms with Crippen molar-refractivity contribution in [2.75, 3.05) is 20.2 Å². The molecule has 14 unspecified atom stereocenters. The van der Waals surface area contributed by atoms with Gasteiger partial charge in [-0.25, -0.2) is 4.79 Å². The SMILES string of the molecule is CON(CCN(C(C)=O)C1CCC2(C)C(CCC3(C)C2C(=O)C=C2C4CC(C)(C(=O)O)CCC4(C)CCC23C)C1(C)C)C1OC(C(=O)O)C(O)C(O)C1O. The Balaban J connectivity index is 1.26. The van der Waals surface area contributed by atoms with E-state index in [1.165, 1.54) is 24.7 Å². The number of fused-ring (bicyclic) bond motifs is 7. The largest absolute Gasteiger partial charge is 0.481 e. The first-order valence-corrected chi connectivity index (χ1v) is 19.9. The Morgan fingerprint density at radius 2 is 1.52 bits per heavy atom. The fourth-order valence-corrected chi connectivity index (χ4v) is 13.3. The number of carboxylic acids is 2. The summed E-state index contributed by atoms with van der Waals surface area (Å²) in [7, 11) is 1.32. The summed E-state index contributed by atoms with van der Waals surface area (Å²) < 4.78 is 5.51. The molecule has 0 radical (unpaired) electrons. The maximum atomic E-state index is 14.8. The second kappa shape index (κ2) is 13.6. The van der Waals surface area contributed by atoms with Crippen molar-refractivity contribution in [3.8, 4) is 0 Å². The maximum Gasteiger partial charge on any atom is 0.335 e. The first kappa shape index (κ1) is 41.2. The highest BCUT2D eigenvalue weighted by Crippen LogP contribution is 2.75. The van der Waals surface area contributed by atoms with Crippen LogP contribution in [-0.4, -0.2) is 116 Å². The zero-order valence-electron chi connectivity index (χ0n) is 33.6. The van der Waals surface area contributed by atoms with E-state index in [0.29, 0.717) is 19.3 Å². The second-order valence-electron chi connectivity index (χ2n) is 19.7. The highest BCUT2D eigenvalue weighted by Gasteiger charge is 2.70. The van der Waals surface area contributed by atoms with Crippen LogP contribution in [0.4, 0.5) is 0 Å². The number of allylic oxidation sites excluding steroid dienone is 2. The van der Waals surface area contributed by atoms with Crippen molar-refractivity contribution in [3.63, 3.8) is 0 Å². The average Bonchev–Trinajstić information content (AvgIpc) is 3.08. The Morgan fingerprint density at radius 3 is 2.11 bits per heavy atom. The molecule has 0 bridgehead atoms. The van der Waals surface area contributed by atoms with Gasteiger partial charge in [0.15, 0.2) is 18.1 Å². The van der Waals surface area contributed by atoms with Gasteiger partial charge in [0.05, 0.1) is 12.5 Å². The maximum absolute atomic E-state index is 14.8. The van der Waals surface area contributed by atoms with Crippen molar-refractivity contribution < 1.29 is 54.3 Å². The predicted octanol–water partition coefficient (Wildman–Crippen LogP) is 4.02. The Kier molecular flexibility index (Phi) is 10.4. The first-order chi connectivity index (χ1) is 24.9. The van der Waals surface area contributed by atoms with Gasteiger partial charge in [0, 0.05) is 32.0 Å². The van der Waals surface area contributed by atoms with Gasteiger partial charge in [0.2, 0.25) is 5.91 Å². The van der Waals surface area contributed by atoms with Gasteiger partial charge in [-0.2, -0.15) is 5.06 Å². The molecular weight excluding hydrogens is 696 g/mol. The Labute approximate surface area is 319 Å². The van der Waals surface area contributed by atoms with Gasteiger partial charge in [-0.05, 0) is 110 Å². The highest BCUT2D eigenvalue weighted by atomic mass is 16.7. The number of carboxylic acid groups (broad SMARTS) is 2. The molecule has 6 aliphatic rings. The van der Waals surface area contributed by atoms with Gasteiger partial charge in [-0.3, -0.25) is 19.2 Å². The van der Waals surface area contributed by atoms with E-state index in [4.69, 9.17) is 9.57 Å². The Hall–Kier alpha value is -2.42. The van der Waals surface area contributed by atoms with Crippen LogP contribution < -0.4 is 0 Å². The lowest BCUT2D eigenvalue weighted by Crippen LogP contribution is -2.68. The Morgan fingerprint density at radius 1 is 0.870 bits per heavy atom. The number of hydrogen-bond donors (Lipinski definition) is 5. The van der Waals surface area contributed by atoms with Gasteiger partial charge in [0.1, 0.15) is 18.3 Å². The van der Waals surface area contributed by atoms with Crippen molar-refractivity contribution in [1.29, 1.82) is 0 Å². The van der Waals surface area contributed by atoms with Crippen LogP contribution in [0.25, 0.3) is 0 Å². The second-order valence-corrected chi connectivity index (χ2v) is 19.7. The number of carbonyl (C=O) groups is 4. The van der Waals surface area contributed by atoms with Gasteiger partial charge in [0.25, 0.3) is 0 Å². The molecule has 0 aromatic carbocycles. The molecule has 14 atom stereocenters. The van der Waals surface area contributed by atoms with Gasteiger partial charge >= 0.3 is 11.9 Å². The molecule has 13 heteroatoms. The van der Waals surface area contributed by atoms with Crippen LogP contribution in [0.2, 0.25) is 0 Å². The summed E-state index contributed by atoms with van der Waals surface area (Å²) in [6.07, 6.45) is 0.610. The number of ether oxygens (including phenoxy) is 1. The molecular formula is C41H64N2O11. The summed E-state index contributed by atoms with van der Waals surface area (Å²) in [4.78, 5) is 59.8. The number of hydrogen-bond acceptors (Lipinski definition) is 10. The molecule has 0 aromatic rings. The molecule has 54 heavy (non-hydrogen) atoms. The predicted molar refractivity (Wildman–Crippen MR) is 196 cm³/mol. The molecule has 1 aliphatic heterocycles. The molecule has 1 heterocycles. The monoisotopic (exact) mass is 760 g/mol. The molecule has 304 valence electrons. The van der Waals surface area contributed by atoms with Gasteiger partial charge < -0.3 is 35.2 Å². The van der Waals surface area contributed by atoms with Crippen LogP contribution >= 0.6 is 0 Å². The van der Waals surface area contributed by atoms with Crippen molar-refractivity contribution in [1.82, 2.24) is 9.96 Å². The van der Waals surface area contributed by atoms with Crippen molar-refractivity contribution in [3.05, 3.63) is 11.6 Å². The zero-order chi connectivity index (χ0) is 40.1. The first-order valence-electron chi connectivity index (χ1n) is 19.9. The average molecular weight is 761 g/mol. The lowest BCUT2D eigenvalue weighted by molar-refractivity contribution is -0.322. The summed E-state index contributed by atoms with van der Waals surface area (Å²) in [5.41, 5.74) is -0.972. The number of aliphatic carboxylic acids is 2. The number of aliphatic hydroxyl groups is 3. The summed E-state index contributed by atoms with van der Waals surface area (Å²) in [5, 5.41) is 52.3. The number of aliphatic hydroxyl groups excluding tert-OH is 3. The lowest BCUT2D eigenvalue weighted by atomic mass is 9.33. The third kappa shape index (κ3) is 5.92. The highest BCUT2D eigenvalue weighted by molar-refractivity contribution is 5.95. The number of rotatable bonds is 8. The lowest BCUT2D eigenvalue weighted by Gasteiger charge is -2.71. The van der Waals surface area contributed by atoms with Crippen LogP contribution in [0, 0.1) is 50.2 Å². The normalized spacial score (nSPS) is 47.0. The summed E-state index contributed by atoms with van der Waals surface area (Å²) in [6.45, 7) is 17.2. The van der Waals surface area contributed by atoms with E-state index in [1.807, 2.05) is 13.0 Å². The minimum absolute atomic E-state index is 0.0214. The van der Waals surface area contributed by atoms with E-state index in [0.717, 1.165) is 38.5 Å². The standard InChI is InChI=1S/C41H64N2O11/c1-22(44)42(18-19-43(53-9)33-30(48)28(46)29(47)31(54-33)34(49)50)27-11-12-39(6)26(36(27,2)3)10-13-41(8)32(39)25(45)20-23-24-21-38(5,35(51)52)15-14-37(24,4)16-17-40(23,41)7/h20,24,26-33,46-48H,10-19,21H2,1-9H3,(H,49,50)(H,51,52). The summed E-state index contributed by atoms with van der Waals surface area (Å²) in [5.74, 6) is -2.31. The quantitative estimate of drug-likeness (QED) is 0.224. The minimum Gasteiger partial charge on any atom is -0.481 e. The molecule has 5 fully saturated rings. The molecule has 13 nitrogen and oxygen atoms in total. The molecule has 1 saturated heterocycles. The van der Waals surface area contributed by atoms with Crippen LogP contribution in [0.1, 0.15) is 113 Å². The van der Waals surface area contributed by atoms with E-state index in [1.54, 1.807) is 4.90 Å². The molecule has 1 amide bonds. The fourth-order valence-electron chi connectivity index (χ4n) is 13.3. The number of nitrogens with zero attached hydrogens (tertiary/aromatic N) is 2. The Bertz CT molecular complexity index is 1580. The van der Waals surface area contributed by atoms with Crippen LogP contribution in [0.5, 0.6) is 0 Å². The topological polar surface area (TPSA) is 194 Å². The molecule has 0 spiro atoms. The van der Waals surface area contributed by atoms with E-state index in [2.05, 4.69) is 41.5 Å². The number of hydroxylamine groups is 2. The van der Waals surface area contributed by atoms with E-state index in [9.17, 15) is 44.7 Å². The van der Waals surface area contributed by atoms with Gasteiger partial charge in [-0.15, -0.1) is 0 Å². The van der Waals surface area contributed by atoms with E-state index >= 15 is 0 Å². The van der Waals surface area contributed by atoms with Crippen LogP contribution in [0.3, 0.4) is 0 Å². The molecule has 5 aliphatic carbocycles. The van der Waals surface area contributed by atoms with Crippen LogP contribution in [-0.2, 0) is 28.8 Å². The van der Waals surface area contributed by atoms with Crippen molar-refractivity contribution in [2.24, 2.45) is 50.2 Å². The number of amides is 1.